The van der Waals surface area contributed by atoms with Crippen molar-refractivity contribution >= 4 is 46.4 Å². The summed E-state index contributed by atoms with van der Waals surface area (Å²) < 4.78 is 0. The fraction of sp³-hybridized carbons (Fsp3) is 0.286. The molecule has 2 aromatic carbocycles. The standard InChI is InChI=1S/C21H24ClN5O2/c1-14(24-21(29)26-17-7-5-15(22)6-8-17)20(28)25-16-9-11-18(12-10-16)27-13-3-2-4-19(27)23/h5-12,14,23H,2-4,13H2,1H3,(H,25,28)(H2,24,26,29). The van der Waals surface area contributed by atoms with Crippen molar-refractivity contribution in [2.75, 3.05) is 22.1 Å². The lowest BCUT2D eigenvalue weighted by molar-refractivity contribution is -0.117. The maximum Gasteiger partial charge on any atom is 0.319 e. The Kier molecular flexibility index (Phi) is 6.72. The predicted octanol–water partition coefficient (Wildman–Crippen LogP) is 4.46. The molecule has 0 aliphatic carbocycles. The van der Waals surface area contributed by atoms with E-state index in [-0.39, 0.29) is 5.91 Å². The third kappa shape index (κ3) is 5.71. The van der Waals surface area contributed by atoms with Crippen LogP contribution in [0.1, 0.15) is 26.2 Å². The number of urea groups is 1. The molecule has 0 radical (unpaired) electrons. The summed E-state index contributed by atoms with van der Waals surface area (Å²) in [6.45, 7) is 2.45. The maximum absolute atomic E-state index is 12.4. The van der Waals surface area contributed by atoms with Gasteiger partial charge in [-0.15, -0.1) is 0 Å². The van der Waals surface area contributed by atoms with Gasteiger partial charge in [0.2, 0.25) is 5.91 Å². The number of nitrogens with zero attached hydrogens (tertiary/aromatic N) is 1. The molecule has 152 valence electrons. The average molecular weight is 414 g/mol. The number of rotatable bonds is 5. The summed E-state index contributed by atoms with van der Waals surface area (Å²) in [5.41, 5.74) is 2.16. The Morgan fingerprint density at radius 1 is 1.00 bits per heavy atom. The van der Waals surface area contributed by atoms with Crippen molar-refractivity contribution in [3.8, 4) is 0 Å². The molecular formula is C21H24ClN5O2. The van der Waals surface area contributed by atoms with Crippen LogP contribution in [0.25, 0.3) is 0 Å². The first-order valence-corrected chi connectivity index (χ1v) is 9.89. The predicted molar refractivity (Wildman–Crippen MR) is 117 cm³/mol. The topological polar surface area (TPSA) is 97.3 Å². The number of carbonyl (C=O) groups excluding carboxylic acids is 2. The molecule has 0 bridgehead atoms. The van der Waals surface area contributed by atoms with Crippen LogP contribution >= 0.6 is 11.6 Å². The zero-order chi connectivity index (χ0) is 20.8. The molecule has 8 heteroatoms. The van der Waals surface area contributed by atoms with Crippen molar-refractivity contribution in [3.63, 3.8) is 0 Å². The number of benzene rings is 2. The summed E-state index contributed by atoms with van der Waals surface area (Å²) in [4.78, 5) is 26.4. The summed E-state index contributed by atoms with van der Waals surface area (Å²) in [5, 5.41) is 16.7. The number of nitrogens with one attached hydrogen (secondary N) is 4. The van der Waals surface area contributed by atoms with Crippen molar-refractivity contribution in [2.24, 2.45) is 0 Å². The Hall–Kier alpha value is -3.06. The van der Waals surface area contributed by atoms with E-state index in [0.29, 0.717) is 22.2 Å². The molecule has 1 atom stereocenters. The fourth-order valence-corrected chi connectivity index (χ4v) is 3.18. The van der Waals surface area contributed by atoms with Gasteiger partial charge in [0, 0.05) is 35.1 Å². The number of hydrogen-bond acceptors (Lipinski definition) is 3. The number of hydrogen-bond donors (Lipinski definition) is 4. The molecule has 0 spiro atoms. The molecule has 1 heterocycles. The van der Waals surface area contributed by atoms with Gasteiger partial charge >= 0.3 is 6.03 Å². The van der Waals surface area contributed by atoms with Crippen molar-refractivity contribution < 1.29 is 9.59 Å². The van der Waals surface area contributed by atoms with Gasteiger partial charge in [-0.25, -0.2) is 4.79 Å². The Balaban J connectivity index is 1.51. The number of carbonyl (C=O) groups is 2. The monoisotopic (exact) mass is 413 g/mol. The smallest absolute Gasteiger partial charge is 0.319 e. The highest BCUT2D eigenvalue weighted by molar-refractivity contribution is 6.30. The minimum Gasteiger partial charge on any atom is -0.330 e. The summed E-state index contributed by atoms with van der Waals surface area (Å²) >= 11 is 5.82. The third-order valence-corrected chi connectivity index (χ3v) is 4.91. The minimum absolute atomic E-state index is 0.324. The number of piperidine rings is 1. The second-order valence-corrected chi connectivity index (χ2v) is 7.36. The van der Waals surface area contributed by atoms with Gasteiger partial charge in [-0.3, -0.25) is 10.2 Å². The maximum atomic E-state index is 12.4. The van der Waals surface area contributed by atoms with Gasteiger partial charge in [0.1, 0.15) is 11.9 Å². The van der Waals surface area contributed by atoms with Crippen LogP contribution in [0.2, 0.25) is 5.02 Å². The molecule has 1 saturated heterocycles. The van der Waals surface area contributed by atoms with Gasteiger partial charge in [0.05, 0.1) is 0 Å². The SMILES string of the molecule is CC(NC(=O)Nc1ccc(Cl)cc1)C(=O)Nc1ccc(N2CCCCC2=N)cc1. The Bertz CT molecular complexity index is 883. The van der Waals surface area contributed by atoms with Crippen LogP contribution in [-0.2, 0) is 4.79 Å². The molecule has 4 N–H and O–H groups in total. The highest BCUT2D eigenvalue weighted by Gasteiger charge is 2.18. The van der Waals surface area contributed by atoms with E-state index in [1.54, 1.807) is 43.3 Å². The lowest BCUT2D eigenvalue weighted by Crippen LogP contribution is -2.43. The van der Waals surface area contributed by atoms with E-state index in [0.717, 1.165) is 31.5 Å². The van der Waals surface area contributed by atoms with Gasteiger partial charge in [-0.1, -0.05) is 11.6 Å². The molecule has 1 aliphatic rings. The molecule has 1 aliphatic heterocycles. The molecule has 29 heavy (non-hydrogen) atoms. The number of halogens is 1. The summed E-state index contributed by atoms with van der Waals surface area (Å²) in [6, 6.07) is 12.9. The van der Waals surface area contributed by atoms with Crippen LogP contribution in [-0.4, -0.2) is 30.4 Å². The van der Waals surface area contributed by atoms with Crippen LogP contribution in [0.5, 0.6) is 0 Å². The Morgan fingerprint density at radius 3 is 2.28 bits per heavy atom. The molecule has 1 fully saturated rings. The lowest BCUT2D eigenvalue weighted by Gasteiger charge is -2.29. The zero-order valence-corrected chi connectivity index (χ0v) is 16.9. The average Bonchev–Trinajstić information content (AvgIpc) is 2.71. The molecule has 2 aromatic rings. The van der Waals surface area contributed by atoms with Crippen LogP contribution in [0.15, 0.2) is 48.5 Å². The minimum atomic E-state index is -0.725. The van der Waals surface area contributed by atoms with E-state index in [1.807, 2.05) is 17.0 Å². The fourth-order valence-electron chi connectivity index (χ4n) is 3.06. The Morgan fingerprint density at radius 2 is 1.62 bits per heavy atom. The molecule has 3 amide bonds. The third-order valence-electron chi connectivity index (χ3n) is 4.66. The van der Waals surface area contributed by atoms with Crippen molar-refractivity contribution in [1.29, 1.82) is 5.41 Å². The van der Waals surface area contributed by atoms with Crippen LogP contribution in [0.3, 0.4) is 0 Å². The highest BCUT2D eigenvalue weighted by atomic mass is 35.5. The first-order valence-electron chi connectivity index (χ1n) is 9.51. The normalized spacial score (nSPS) is 14.8. The van der Waals surface area contributed by atoms with E-state index >= 15 is 0 Å². The van der Waals surface area contributed by atoms with E-state index in [9.17, 15) is 9.59 Å². The first kappa shape index (κ1) is 20.7. The molecule has 7 nitrogen and oxygen atoms in total. The van der Waals surface area contributed by atoms with Gasteiger partial charge in [-0.05, 0) is 68.3 Å². The number of amidine groups is 1. The van der Waals surface area contributed by atoms with Gasteiger partial charge in [0.15, 0.2) is 0 Å². The lowest BCUT2D eigenvalue weighted by atomic mass is 10.1. The van der Waals surface area contributed by atoms with E-state index < -0.39 is 12.1 Å². The first-order chi connectivity index (χ1) is 13.9. The molecule has 1 unspecified atom stereocenters. The van der Waals surface area contributed by atoms with Gasteiger partial charge in [-0.2, -0.15) is 0 Å². The second kappa shape index (κ2) is 9.43. The van der Waals surface area contributed by atoms with Gasteiger partial charge in [0.25, 0.3) is 0 Å². The summed E-state index contributed by atoms with van der Waals surface area (Å²) in [5.74, 6) is 0.298. The molecule has 0 aromatic heterocycles. The van der Waals surface area contributed by atoms with Crippen molar-refractivity contribution in [2.45, 2.75) is 32.2 Å². The van der Waals surface area contributed by atoms with E-state index in [4.69, 9.17) is 17.0 Å². The van der Waals surface area contributed by atoms with E-state index in [2.05, 4.69) is 16.0 Å². The molecular weight excluding hydrogens is 390 g/mol. The zero-order valence-electron chi connectivity index (χ0n) is 16.2. The van der Waals surface area contributed by atoms with Crippen LogP contribution < -0.4 is 20.9 Å². The van der Waals surface area contributed by atoms with Crippen LogP contribution in [0, 0.1) is 5.41 Å². The van der Waals surface area contributed by atoms with Crippen molar-refractivity contribution in [3.05, 3.63) is 53.6 Å². The Labute approximate surface area is 174 Å². The molecule has 3 rings (SSSR count). The summed E-state index contributed by atoms with van der Waals surface area (Å²) in [7, 11) is 0. The number of anilines is 3. The van der Waals surface area contributed by atoms with Gasteiger partial charge < -0.3 is 20.9 Å². The second-order valence-electron chi connectivity index (χ2n) is 6.92. The summed E-state index contributed by atoms with van der Waals surface area (Å²) in [6.07, 6.45) is 2.92. The van der Waals surface area contributed by atoms with Crippen molar-refractivity contribution in [1.82, 2.24) is 5.32 Å². The highest BCUT2D eigenvalue weighted by Crippen LogP contribution is 2.23. The molecule has 0 saturated carbocycles. The van der Waals surface area contributed by atoms with Crippen LogP contribution in [0.4, 0.5) is 21.9 Å². The number of amides is 3. The van der Waals surface area contributed by atoms with E-state index in [1.165, 1.54) is 0 Å². The largest absolute Gasteiger partial charge is 0.330 e. The quantitative estimate of drug-likeness (QED) is 0.582.